The number of para-hydroxylation sites is 1. The highest BCUT2D eigenvalue weighted by molar-refractivity contribution is 6.31. The Kier molecular flexibility index (Phi) is 5.38. The molecule has 0 radical (unpaired) electrons. The Morgan fingerprint density at radius 1 is 1.09 bits per heavy atom. The average Bonchev–Trinajstić information content (AvgIpc) is 2.54. The molecule has 0 atom stereocenters. The molecule has 0 spiro atoms. The number of methoxy groups -OCH3 is 1. The number of amides is 2. The Bertz CT molecular complexity index is 689. The minimum atomic E-state index is -0.512. The van der Waals surface area contributed by atoms with E-state index in [2.05, 4.69) is 15.4 Å². The second-order valence-corrected chi connectivity index (χ2v) is 4.84. The Hall–Kier alpha value is -2.53. The smallest absolute Gasteiger partial charge is 0.339 e. The first-order valence-electron chi connectivity index (χ1n) is 6.57. The quantitative estimate of drug-likeness (QED) is 0.848. The molecular formula is C16H15ClN2O3. The maximum absolute atomic E-state index is 11.9. The summed E-state index contributed by atoms with van der Waals surface area (Å²) in [5.41, 5.74) is 1.48. The van der Waals surface area contributed by atoms with Crippen molar-refractivity contribution in [1.29, 1.82) is 0 Å². The van der Waals surface area contributed by atoms with E-state index in [0.717, 1.165) is 5.56 Å². The average molecular weight is 319 g/mol. The highest BCUT2D eigenvalue weighted by Gasteiger charge is 2.13. The first-order valence-corrected chi connectivity index (χ1v) is 6.95. The van der Waals surface area contributed by atoms with Gasteiger partial charge in [0, 0.05) is 11.6 Å². The highest BCUT2D eigenvalue weighted by atomic mass is 35.5. The molecule has 0 aromatic heterocycles. The van der Waals surface area contributed by atoms with Crippen molar-refractivity contribution < 1.29 is 14.3 Å². The van der Waals surface area contributed by atoms with E-state index in [0.29, 0.717) is 10.7 Å². The van der Waals surface area contributed by atoms with Crippen LogP contribution in [-0.2, 0) is 11.3 Å². The second-order valence-electron chi connectivity index (χ2n) is 4.44. The first-order chi connectivity index (χ1) is 10.6. The number of ether oxygens (including phenoxy) is 1. The molecule has 0 aliphatic heterocycles. The van der Waals surface area contributed by atoms with Crippen LogP contribution in [0.3, 0.4) is 0 Å². The van der Waals surface area contributed by atoms with Gasteiger partial charge in [0.25, 0.3) is 0 Å². The molecule has 0 aliphatic carbocycles. The van der Waals surface area contributed by atoms with Crippen LogP contribution < -0.4 is 10.6 Å². The maximum atomic E-state index is 11.9. The van der Waals surface area contributed by atoms with Crippen LogP contribution in [0.15, 0.2) is 48.5 Å². The lowest BCUT2D eigenvalue weighted by Gasteiger charge is -2.11. The lowest BCUT2D eigenvalue weighted by molar-refractivity contribution is 0.0602. The van der Waals surface area contributed by atoms with Crippen LogP contribution >= 0.6 is 11.6 Å². The largest absolute Gasteiger partial charge is 0.465 e. The molecule has 2 aromatic carbocycles. The van der Waals surface area contributed by atoms with Gasteiger partial charge in [0.15, 0.2) is 0 Å². The zero-order valence-electron chi connectivity index (χ0n) is 11.9. The number of halogens is 1. The lowest BCUT2D eigenvalue weighted by Crippen LogP contribution is -2.29. The van der Waals surface area contributed by atoms with E-state index in [1.54, 1.807) is 30.3 Å². The lowest BCUT2D eigenvalue weighted by atomic mass is 10.2. The molecule has 0 aliphatic rings. The summed E-state index contributed by atoms with van der Waals surface area (Å²) >= 11 is 6.02. The van der Waals surface area contributed by atoms with Crippen LogP contribution in [0.2, 0.25) is 5.02 Å². The fraction of sp³-hybridized carbons (Fsp3) is 0.125. The van der Waals surface area contributed by atoms with Crippen molar-refractivity contribution in [3.63, 3.8) is 0 Å². The summed E-state index contributed by atoms with van der Waals surface area (Å²) in [5, 5.41) is 5.89. The van der Waals surface area contributed by atoms with Gasteiger partial charge in [-0.3, -0.25) is 0 Å². The molecule has 0 unspecified atom stereocenters. The SMILES string of the molecule is COC(=O)c1ccccc1NC(=O)NCc1ccccc1Cl. The second kappa shape index (κ2) is 7.47. The number of urea groups is 1. The molecule has 0 saturated heterocycles. The zero-order chi connectivity index (χ0) is 15.9. The molecule has 2 aromatic rings. The molecule has 114 valence electrons. The predicted octanol–water partition coefficient (Wildman–Crippen LogP) is 3.45. The molecule has 2 rings (SSSR count). The number of esters is 1. The van der Waals surface area contributed by atoms with Crippen LogP contribution in [0.25, 0.3) is 0 Å². The topological polar surface area (TPSA) is 67.4 Å². The van der Waals surface area contributed by atoms with Crippen molar-refractivity contribution in [2.45, 2.75) is 6.54 Å². The molecule has 22 heavy (non-hydrogen) atoms. The fourth-order valence-electron chi connectivity index (χ4n) is 1.86. The van der Waals surface area contributed by atoms with Gasteiger partial charge in [-0.25, -0.2) is 9.59 Å². The van der Waals surface area contributed by atoms with Gasteiger partial charge in [-0.2, -0.15) is 0 Å². The summed E-state index contributed by atoms with van der Waals surface area (Å²) in [6, 6.07) is 13.4. The standard InChI is InChI=1S/C16H15ClN2O3/c1-22-15(20)12-7-3-5-9-14(12)19-16(21)18-10-11-6-2-4-8-13(11)17/h2-9H,10H2,1H3,(H2,18,19,21). The van der Waals surface area contributed by atoms with Gasteiger partial charge in [-0.1, -0.05) is 41.9 Å². The number of rotatable bonds is 4. The molecule has 0 fully saturated rings. The van der Waals surface area contributed by atoms with Crippen molar-refractivity contribution in [2.75, 3.05) is 12.4 Å². The van der Waals surface area contributed by atoms with Gasteiger partial charge in [0.2, 0.25) is 0 Å². The van der Waals surface area contributed by atoms with E-state index in [1.165, 1.54) is 7.11 Å². The van der Waals surface area contributed by atoms with Gasteiger partial charge in [0.1, 0.15) is 0 Å². The fourth-order valence-corrected chi connectivity index (χ4v) is 2.07. The summed E-state index contributed by atoms with van der Waals surface area (Å²) in [6.07, 6.45) is 0. The number of nitrogens with one attached hydrogen (secondary N) is 2. The van der Waals surface area contributed by atoms with Crippen molar-refractivity contribution in [2.24, 2.45) is 0 Å². The van der Waals surface area contributed by atoms with Crippen LogP contribution in [0.4, 0.5) is 10.5 Å². The van der Waals surface area contributed by atoms with Gasteiger partial charge in [-0.15, -0.1) is 0 Å². The summed E-state index contributed by atoms with van der Waals surface area (Å²) < 4.78 is 4.68. The molecule has 5 nitrogen and oxygen atoms in total. The van der Waals surface area contributed by atoms with E-state index in [4.69, 9.17) is 11.6 Å². The van der Waals surface area contributed by atoms with Crippen LogP contribution in [0.1, 0.15) is 15.9 Å². The number of benzene rings is 2. The summed E-state index contributed by atoms with van der Waals surface area (Å²) in [6.45, 7) is 0.284. The predicted molar refractivity (Wildman–Crippen MR) is 85.1 cm³/mol. The van der Waals surface area contributed by atoms with Gasteiger partial charge < -0.3 is 15.4 Å². The Morgan fingerprint density at radius 3 is 2.50 bits per heavy atom. The van der Waals surface area contributed by atoms with E-state index in [9.17, 15) is 9.59 Å². The van der Waals surface area contributed by atoms with E-state index >= 15 is 0 Å². The number of carbonyl (C=O) groups excluding carboxylic acids is 2. The monoisotopic (exact) mass is 318 g/mol. The van der Waals surface area contributed by atoms with Crippen LogP contribution in [0, 0.1) is 0 Å². The third-order valence-corrected chi connectivity index (χ3v) is 3.35. The molecule has 0 heterocycles. The Labute approximate surface area is 133 Å². The Balaban J connectivity index is 2.01. The molecule has 2 amide bonds. The number of anilines is 1. The van der Waals surface area contributed by atoms with Gasteiger partial charge >= 0.3 is 12.0 Å². The Morgan fingerprint density at radius 2 is 1.77 bits per heavy atom. The van der Waals surface area contributed by atoms with Crippen molar-refractivity contribution in [3.05, 3.63) is 64.7 Å². The molecule has 0 saturated carbocycles. The summed E-state index contributed by atoms with van der Waals surface area (Å²) in [4.78, 5) is 23.6. The number of carbonyl (C=O) groups is 2. The van der Waals surface area contributed by atoms with Crippen molar-refractivity contribution in [3.8, 4) is 0 Å². The highest BCUT2D eigenvalue weighted by Crippen LogP contribution is 2.17. The van der Waals surface area contributed by atoms with E-state index in [-0.39, 0.29) is 12.1 Å². The minimum absolute atomic E-state index is 0.284. The first kappa shape index (κ1) is 15.9. The van der Waals surface area contributed by atoms with Crippen LogP contribution in [-0.4, -0.2) is 19.1 Å². The third-order valence-electron chi connectivity index (χ3n) is 2.98. The van der Waals surface area contributed by atoms with Gasteiger partial charge in [-0.05, 0) is 23.8 Å². The normalized spacial score (nSPS) is 9.91. The summed E-state index contributed by atoms with van der Waals surface area (Å²) in [5.74, 6) is -0.512. The zero-order valence-corrected chi connectivity index (χ0v) is 12.7. The maximum Gasteiger partial charge on any atom is 0.339 e. The third kappa shape index (κ3) is 3.99. The minimum Gasteiger partial charge on any atom is -0.465 e. The molecule has 6 heteroatoms. The number of hydrogen-bond donors (Lipinski definition) is 2. The van der Waals surface area contributed by atoms with E-state index < -0.39 is 12.0 Å². The van der Waals surface area contributed by atoms with Crippen LogP contribution in [0.5, 0.6) is 0 Å². The number of hydrogen-bond acceptors (Lipinski definition) is 3. The molecular weight excluding hydrogens is 304 g/mol. The molecule has 0 bridgehead atoms. The van der Waals surface area contributed by atoms with E-state index in [1.807, 2.05) is 18.2 Å². The van der Waals surface area contributed by atoms with Crippen molar-refractivity contribution >= 4 is 29.3 Å². The molecule has 2 N–H and O–H groups in total. The summed E-state index contributed by atoms with van der Waals surface area (Å²) in [7, 11) is 1.29. The van der Waals surface area contributed by atoms with Gasteiger partial charge in [0.05, 0.1) is 18.4 Å². The van der Waals surface area contributed by atoms with Crippen molar-refractivity contribution in [1.82, 2.24) is 5.32 Å².